The minimum absolute atomic E-state index is 0.00314. The van der Waals surface area contributed by atoms with Crippen molar-refractivity contribution in [2.45, 2.75) is 64.8 Å². The highest BCUT2D eigenvalue weighted by Crippen LogP contribution is 2.51. The van der Waals surface area contributed by atoms with Gasteiger partial charge in [0, 0.05) is 35.7 Å². The van der Waals surface area contributed by atoms with Crippen LogP contribution in [-0.4, -0.2) is 29.8 Å². The lowest BCUT2D eigenvalue weighted by Crippen LogP contribution is -2.46. The SMILES string of the molecule is COc1cc(C)[nH]c(=O)c1CNC(=O)c1cc(Cl)c2c(c1C)OC(C)(C1CCC(N)CC1)O2. The first-order valence-corrected chi connectivity index (χ1v) is 11.5. The number of pyridine rings is 1. The van der Waals surface area contributed by atoms with Crippen LogP contribution in [0.15, 0.2) is 16.9 Å². The van der Waals surface area contributed by atoms with Crippen LogP contribution in [0.3, 0.4) is 0 Å². The van der Waals surface area contributed by atoms with Crippen LogP contribution in [0.2, 0.25) is 5.02 Å². The number of ether oxygens (including phenoxy) is 3. The third-order valence-corrected chi connectivity index (χ3v) is 6.96. The molecule has 1 aromatic heterocycles. The average Bonchev–Trinajstić information content (AvgIpc) is 3.15. The Labute approximate surface area is 197 Å². The number of amides is 1. The highest BCUT2D eigenvalue weighted by Gasteiger charge is 2.47. The fourth-order valence-corrected chi connectivity index (χ4v) is 4.92. The smallest absolute Gasteiger partial charge is 0.256 e. The van der Waals surface area contributed by atoms with Crippen LogP contribution in [0.25, 0.3) is 0 Å². The first kappa shape index (κ1) is 23.4. The Morgan fingerprint density at radius 3 is 2.58 bits per heavy atom. The van der Waals surface area contributed by atoms with E-state index in [-0.39, 0.29) is 30.0 Å². The molecule has 0 spiro atoms. The van der Waals surface area contributed by atoms with E-state index in [0.29, 0.717) is 44.7 Å². The van der Waals surface area contributed by atoms with Gasteiger partial charge in [-0.25, -0.2) is 0 Å². The molecule has 33 heavy (non-hydrogen) atoms. The number of halogens is 1. The summed E-state index contributed by atoms with van der Waals surface area (Å²) in [6.45, 7) is 5.48. The third kappa shape index (κ3) is 4.42. The molecular weight excluding hydrogens is 446 g/mol. The lowest BCUT2D eigenvalue weighted by Gasteiger charge is -2.36. The maximum atomic E-state index is 13.0. The summed E-state index contributed by atoms with van der Waals surface area (Å²) in [6.07, 6.45) is 3.65. The van der Waals surface area contributed by atoms with Gasteiger partial charge in [0.2, 0.25) is 0 Å². The highest BCUT2D eigenvalue weighted by molar-refractivity contribution is 6.33. The molecule has 1 atom stereocenters. The van der Waals surface area contributed by atoms with Crippen molar-refractivity contribution in [3.05, 3.63) is 49.9 Å². The molecule has 2 heterocycles. The minimum atomic E-state index is -0.853. The molecule has 2 aliphatic rings. The standard InChI is InChI=1S/C24H30ClN3O5/c1-12-9-19(31-4)17(23(30)28-12)11-27-22(29)16-10-18(25)21-20(13(16)2)32-24(3,33-21)14-5-7-15(26)8-6-14/h9-10,14-15H,5-8,11,26H2,1-4H3,(H,27,29)(H,28,30). The maximum Gasteiger partial charge on any atom is 0.256 e. The van der Waals surface area contributed by atoms with Crippen molar-refractivity contribution in [1.82, 2.24) is 10.3 Å². The molecule has 0 radical (unpaired) electrons. The zero-order valence-corrected chi connectivity index (χ0v) is 20.1. The number of carbonyl (C=O) groups is 1. The van der Waals surface area contributed by atoms with Gasteiger partial charge in [0.05, 0.1) is 24.2 Å². The molecule has 8 nitrogen and oxygen atoms in total. The molecule has 1 saturated carbocycles. The number of nitrogens with two attached hydrogens (primary N) is 1. The van der Waals surface area contributed by atoms with Gasteiger partial charge in [-0.2, -0.15) is 0 Å². The second-order valence-electron chi connectivity index (χ2n) is 9.03. The largest absolute Gasteiger partial charge is 0.496 e. The van der Waals surface area contributed by atoms with Gasteiger partial charge in [-0.15, -0.1) is 0 Å². The molecule has 1 aliphatic carbocycles. The lowest BCUT2D eigenvalue weighted by atomic mass is 9.81. The number of aryl methyl sites for hydroxylation is 1. The van der Waals surface area contributed by atoms with Crippen LogP contribution >= 0.6 is 11.6 Å². The molecule has 2 aromatic rings. The van der Waals surface area contributed by atoms with Crippen LogP contribution in [0.4, 0.5) is 0 Å². The Bertz CT molecular complexity index is 1140. The predicted octanol–water partition coefficient (Wildman–Crippen LogP) is 3.59. The number of fused-ring (bicyclic) bond motifs is 1. The van der Waals surface area contributed by atoms with Crippen LogP contribution in [0.1, 0.15) is 59.8 Å². The second kappa shape index (κ2) is 8.91. The Balaban J connectivity index is 1.55. The number of aromatic amines is 1. The fraction of sp³-hybridized carbons (Fsp3) is 0.500. The van der Waals surface area contributed by atoms with Crippen molar-refractivity contribution in [3.8, 4) is 17.2 Å². The number of nitrogens with one attached hydrogen (secondary N) is 2. The Kier molecular flexibility index (Phi) is 6.33. The number of hydrogen-bond donors (Lipinski definition) is 3. The number of carbonyl (C=O) groups excluding carboxylic acids is 1. The summed E-state index contributed by atoms with van der Waals surface area (Å²) in [4.78, 5) is 28.1. The summed E-state index contributed by atoms with van der Waals surface area (Å²) in [6, 6.07) is 3.51. The predicted molar refractivity (Wildman–Crippen MR) is 125 cm³/mol. The van der Waals surface area contributed by atoms with Gasteiger partial charge in [-0.3, -0.25) is 9.59 Å². The molecule has 0 bridgehead atoms. The molecule has 1 aliphatic heterocycles. The van der Waals surface area contributed by atoms with Crippen LogP contribution in [0.5, 0.6) is 17.2 Å². The van der Waals surface area contributed by atoms with Gasteiger partial charge in [0.15, 0.2) is 11.5 Å². The van der Waals surface area contributed by atoms with E-state index in [1.807, 2.05) is 6.92 Å². The van der Waals surface area contributed by atoms with Crippen molar-refractivity contribution in [3.63, 3.8) is 0 Å². The van der Waals surface area contributed by atoms with Crippen molar-refractivity contribution >= 4 is 17.5 Å². The molecular formula is C24H30ClN3O5. The third-order valence-electron chi connectivity index (χ3n) is 6.68. The van der Waals surface area contributed by atoms with E-state index in [4.69, 9.17) is 31.5 Å². The minimum Gasteiger partial charge on any atom is -0.496 e. The number of methoxy groups -OCH3 is 1. The summed E-state index contributed by atoms with van der Waals surface area (Å²) in [7, 11) is 1.48. The number of hydrogen-bond acceptors (Lipinski definition) is 6. The molecule has 0 saturated heterocycles. The molecule has 4 rings (SSSR count). The van der Waals surface area contributed by atoms with Gasteiger partial charge >= 0.3 is 0 Å². The second-order valence-corrected chi connectivity index (χ2v) is 9.44. The summed E-state index contributed by atoms with van der Waals surface area (Å²) >= 11 is 6.51. The molecule has 178 valence electrons. The molecule has 4 N–H and O–H groups in total. The molecule has 1 fully saturated rings. The van der Waals surface area contributed by atoms with Gasteiger partial charge in [-0.05, 0) is 51.7 Å². The molecule has 1 amide bonds. The zero-order valence-electron chi connectivity index (χ0n) is 19.3. The Morgan fingerprint density at radius 1 is 1.24 bits per heavy atom. The fourth-order valence-electron chi connectivity index (χ4n) is 4.69. The number of benzene rings is 1. The number of aromatic nitrogens is 1. The molecule has 1 unspecified atom stereocenters. The van der Waals surface area contributed by atoms with E-state index >= 15 is 0 Å². The zero-order chi connectivity index (χ0) is 23.9. The van der Waals surface area contributed by atoms with Crippen LogP contribution in [0, 0.1) is 19.8 Å². The monoisotopic (exact) mass is 475 g/mol. The Hall–Kier alpha value is -2.71. The van der Waals surface area contributed by atoms with Gasteiger partial charge in [-0.1, -0.05) is 11.6 Å². The molecule has 1 aromatic carbocycles. The van der Waals surface area contributed by atoms with E-state index in [0.717, 1.165) is 25.7 Å². The van der Waals surface area contributed by atoms with Gasteiger partial charge < -0.3 is 30.2 Å². The first-order valence-electron chi connectivity index (χ1n) is 11.1. The van der Waals surface area contributed by atoms with E-state index in [1.165, 1.54) is 7.11 Å². The van der Waals surface area contributed by atoms with Crippen LogP contribution < -0.4 is 30.8 Å². The van der Waals surface area contributed by atoms with Crippen molar-refractivity contribution in [2.24, 2.45) is 11.7 Å². The highest BCUT2D eigenvalue weighted by atomic mass is 35.5. The van der Waals surface area contributed by atoms with Crippen molar-refractivity contribution in [1.29, 1.82) is 0 Å². The quantitative estimate of drug-likeness (QED) is 0.608. The topological polar surface area (TPSA) is 116 Å². The summed E-state index contributed by atoms with van der Waals surface area (Å²) in [5.74, 6) is 0.308. The number of rotatable bonds is 5. The summed E-state index contributed by atoms with van der Waals surface area (Å²) in [5.41, 5.74) is 7.75. The Morgan fingerprint density at radius 2 is 1.91 bits per heavy atom. The average molecular weight is 476 g/mol. The van der Waals surface area contributed by atoms with E-state index < -0.39 is 5.79 Å². The van der Waals surface area contributed by atoms with E-state index in [9.17, 15) is 9.59 Å². The maximum absolute atomic E-state index is 13.0. The normalized spacial score (nSPS) is 23.9. The summed E-state index contributed by atoms with van der Waals surface area (Å²) in [5, 5.41) is 3.10. The summed E-state index contributed by atoms with van der Waals surface area (Å²) < 4.78 is 17.8. The van der Waals surface area contributed by atoms with Crippen molar-refractivity contribution in [2.75, 3.05) is 7.11 Å². The number of H-pyrrole nitrogens is 1. The van der Waals surface area contributed by atoms with E-state index in [2.05, 4.69) is 10.3 Å². The van der Waals surface area contributed by atoms with Crippen molar-refractivity contribution < 1.29 is 19.0 Å². The van der Waals surface area contributed by atoms with Gasteiger partial charge in [0.1, 0.15) is 5.75 Å². The van der Waals surface area contributed by atoms with Crippen LogP contribution in [-0.2, 0) is 6.54 Å². The van der Waals surface area contributed by atoms with Gasteiger partial charge in [0.25, 0.3) is 17.3 Å². The molecule has 9 heteroatoms. The first-order chi connectivity index (χ1) is 15.6. The van der Waals surface area contributed by atoms with E-state index in [1.54, 1.807) is 26.0 Å². The lowest BCUT2D eigenvalue weighted by molar-refractivity contribution is -0.120.